The van der Waals surface area contributed by atoms with Crippen molar-refractivity contribution in [2.75, 3.05) is 53.6 Å². The molecule has 1 unspecified atom stereocenters. The number of allylic oxidation sites excluding steroid dienone is 6. The molecule has 214 valence electrons. The van der Waals surface area contributed by atoms with E-state index in [0.717, 1.165) is 11.1 Å². The van der Waals surface area contributed by atoms with Crippen LogP contribution in [0, 0.1) is 5.92 Å². The standard InChI is InChI=1S/C30H43N3O6/c1-6-24(9-13-28(36-5)23(3)37-18-15-31)7-11-26(34)22(2)27(35)12-8-25-10-14-29(38-19-16-32)30(21-25)39-20-17-33-4/h7-14,21-22,33H,3,6,15-20,31-32H2,1-2,4-5H3/b11-7+,12-8+,24-9+,28-13+. The van der Waals surface area contributed by atoms with Gasteiger partial charge in [-0.1, -0.05) is 37.8 Å². The maximum atomic E-state index is 12.7. The predicted octanol–water partition coefficient (Wildman–Crippen LogP) is 3.32. The lowest BCUT2D eigenvalue weighted by atomic mass is 9.99. The molecule has 1 atom stereocenters. The van der Waals surface area contributed by atoms with Crippen molar-refractivity contribution in [3.63, 3.8) is 0 Å². The second-order valence-corrected chi connectivity index (χ2v) is 8.38. The first-order chi connectivity index (χ1) is 18.8. The molecular formula is C30H43N3O6. The monoisotopic (exact) mass is 541 g/mol. The Morgan fingerprint density at radius 1 is 1.00 bits per heavy atom. The summed E-state index contributed by atoms with van der Waals surface area (Å²) in [5, 5.41) is 3.02. The lowest BCUT2D eigenvalue weighted by Gasteiger charge is -2.13. The van der Waals surface area contributed by atoms with E-state index < -0.39 is 5.92 Å². The van der Waals surface area contributed by atoms with Crippen LogP contribution in [-0.2, 0) is 19.1 Å². The SMILES string of the molecule is C=C(OCCN)\C(=C/C=C(/C=C/C(=O)C(C)C(=O)/C=C/c1ccc(OCCN)c(OCCNC)c1)CC)OC. The fourth-order valence-corrected chi connectivity index (χ4v) is 3.09. The Morgan fingerprint density at radius 2 is 1.69 bits per heavy atom. The average molecular weight is 542 g/mol. The normalized spacial score (nSPS) is 13.0. The largest absolute Gasteiger partial charge is 0.493 e. The van der Waals surface area contributed by atoms with E-state index in [2.05, 4.69) is 11.9 Å². The van der Waals surface area contributed by atoms with Gasteiger partial charge in [-0.05, 0) is 61.9 Å². The van der Waals surface area contributed by atoms with E-state index in [1.807, 2.05) is 26.1 Å². The van der Waals surface area contributed by atoms with Crippen molar-refractivity contribution in [2.45, 2.75) is 20.3 Å². The van der Waals surface area contributed by atoms with Crippen LogP contribution < -0.4 is 26.3 Å². The number of benzene rings is 1. The molecule has 1 rings (SSSR count). The van der Waals surface area contributed by atoms with Crippen molar-refractivity contribution in [1.82, 2.24) is 5.32 Å². The van der Waals surface area contributed by atoms with Gasteiger partial charge in [0.1, 0.15) is 19.8 Å². The Labute approximate surface area is 232 Å². The molecule has 0 fully saturated rings. The van der Waals surface area contributed by atoms with Crippen LogP contribution in [0.4, 0.5) is 0 Å². The summed E-state index contributed by atoms with van der Waals surface area (Å²) in [5.74, 6) is 0.531. The molecule has 0 aromatic heterocycles. The van der Waals surface area contributed by atoms with Crippen LogP contribution in [0.1, 0.15) is 25.8 Å². The average Bonchev–Trinajstić information content (AvgIpc) is 2.95. The summed E-state index contributed by atoms with van der Waals surface area (Å²) >= 11 is 0. The summed E-state index contributed by atoms with van der Waals surface area (Å²) in [7, 11) is 3.36. The highest BCUT2D eigenvalue weighted by molar-refractivity contribution is 6.12. The minimum absolute atomic E-state index is 0.294. The van der Waals surface area contributed by atoms with Crippen LogP contribution >= 0.6 is 0 Å². The Balaban J connectivity index is 2.91. The van der Waals surface area contributed by atoms with Gasteiger partial charge in [0.2, 0.25) is 0 Å². The molecule has 39 heavy (non-hydrogen) atoms. The lowest BCUT2D eigenvalue weighted by Crippen LogP contribution is -2.17. The number of ketones is 2. The minimum atomic E-state index is -0.830. The first-order valence-corrected chi connectivity index (χ1v) is 13.0. The Hall–Kier alpha value is -3.66. The van der Waals surface area contributed by atoms with Gasteiger partial charge < -0.3 is 35.7 Å². The van der Waals surface area contributed by atoms with E-state index in [-0.39, 0.29) is 11.6 Å². The summed E-state index contributed by atoms with van der Waals surface area (Å²) in [6.45, 7) is 9.93. The summed E-state index contributed by atoms with van der Waals surface area (Å²) in [6.07, 6.45) is 10.4. The van der Waals surface area contributed by atoms with Gasteiger partial charge in [-0.25, -0.2) is 0 Å². The number of carbonyl (C=O) groups is 2. The van der Waals surface area contributed by atoms with Gasteiger partial charge in [0, 0.05) is 19.6 Å². The number of ether oxygens (including phenoxy) is 4. The van der Waals surface area contributed by atoms with Crippen molar-refractivity contribution < 1.29 is 28.5 Å². The zero-order chi connectivity index (χ0) is 29.0. The molecule has 9 nitrogen and oxygen atoms in total. The van der Waals surface area contributed by atoms with Crippen LogP contribution in [0.2, 0.25) is 0 Å². The number of nitrogens with two attached hydrogens (primary N) is 2. The lowest BCUT2D eigenvalue weighted by molar-refractivity contribution is -0.126. The molecule has 1 aromatic rings. The summed E-state index contributed by atoms with van der Waals surface area (Å²) in [4.78, 5) is 25.4. The van der Waals surface area contributed by atoms with Gasteiger partial charge in [-0.3, -0.25) is 9.59 Å². The summed E-state index contributed by atoms with van der Waals surface area (Å²) < 4.78 is 22.1. The van der Waals surface area contributed by atoms with Crippen LogP contribution in [0.5, 0.6) is 11.5 Å². The maximum Gasteiger partial charge on any atom is 0.166 e. The molecule has 0 heterocycles. The molecular weight excluding hydrogens is 498 g/mol. The third kappa shape index (κ3) is 12.6. The van der Waals surface area contributed by atoms with Crippen molar-refractivity contribution in [3.8, 4) is 11.5 Å². The molecule has 0 saturated carbocycles. The van der Waals surface area contributed by atoms with Crippen molar-refractivity contribution >= 4 is 17.6 Å². The molecule has 0 amide bonds. The van der Waals surface area contributed by atoms with Crippen LogP contribution in [0.15, 0.2) is 72.2 Å². The molecule has 0 aliphatic carbocycles. The smallest absolute Gasteiger partial charge is 0.166 e. The highest BCUT2D eigenvalue weighted by Crippen LogP contribution is 2.29. The predicted molar refractivity (Wildman–Crippen MR) is 155 cm³/mol. The van der Waals surface area contributed by atoms with Crippen molar-refractivity contribution in [2.24, 2.45) is 17.4 Å². The highest BCUT2D eigenvalue weighted by Gasteiger charge is 2.17. The van der Waals surface area contributed by atoms with E-state index in [0.29, 0.717) is 68.9 Å². The van der Waals surface area contributed by atoms with E-state index in [1.54, 1.807) is 37.3 Å². The third-order valence-electron chi connectivity index (χ3n) is 5.45. The van der Waals surface area contributed by atoms with Gasteiger partial charge in [-0.2, -0.15) is 0 Å². The maximum absolute atomic E-state index is 12.7. The number of carbonyl (C=O) groups excluding carboxylic acids is 2. The zero-order valence-electron chi connectivity index (χ0n) is 23.5. The Bertz CT molecular complexity index is 1060. The van der Waals surface area contributed by atoms with E-state index in [1.165, 1.54) is 19.3 Å². The minimum Gasteiger partial charge on any atom is -0.493 e. The van der Waals surface area contributed by atoms with Crippen LogP contribution in [0.25, 0.3) is 6.08 Å². The molecule has 0 spiro atoms. The van der Waals surface area contributed by atoms with Gasteiger partial charge in [0.05, 0.1) is 13.0 Å². The second-order valence-electron chi connectivity index (χ2n) is 8.38. The van der Waals surface area contributed by atoms with Crippen LogP contribution in [-0.4, -0.2) is 65.2 Å². The highest BCUT2D eigenvalue weighted by atomic mass is 16.5. The van der Waals surface area contributed by atoms with E-state index in [9.17, 15) is 9.59 Å². The third-order valence-corrected chi connectivity index (χ3v) is 5.45. The first-order valence-electron chi connectivity index (χ1n) is 13.0. The van der Waals surface area contributed by atoms with E-state index >= 15 is 0 Å². The van der Waals surface area contributed by atoms with E-state index in [4.69, 9.17) is 30.4 Å². The summed E-state index contributed by atoms with van der Waals surface area (Å²) in [6, 6.07) is 5.36. The number of rotatable bonds is 20. The zero-order valence-corrected chi connectivity index (χ0v) is 23.5. The fourth-order valence-electron chi connectivity index (χ4n) is 3.09. The number of nitrogens with one attached hydrogen (secondary N) is 1. The quantitative estimate of drug-likeness (QED) is 0.0747. The van der Waals surface area contributed by atoms with Gasteiger partial charge in [-0.15, -0.1) is 0 Å². The topological polar surface area (TPSA) is 135 Å². The molecule has 0 bridgehead atoms. The van der Waals surface area contributed by atoms with Crippen molar-refractivity contribution in [1.29, 1.82) is 0 Å². The number of hydrogen-bond donors (Lipinski definition) is 3. The first kappa shape index (κ1) is 33.4. The Kier molecular flexibility index (Phi) is 16.6. The summed E-state index contributed by atoms with van der Waals surface area (Å²) in [5.41, 5.74) is 12.6. The molecule has 0 radical (unpaired) electrons. The number of hydrogen-bond acceptors (Lipinski definition) is 9. The molecule has 9 heteroatoms. The number of likely N-dealkylation sites (N-methyl/N-ethyl adjacent to an activating group) is 1. The van der Waals surface area contributed by atoms with Crippen LogP contribution in [0.3, 0.4) is 0 Å². The second kappa shape index (κ2) is 19.4. The fraction of sp³-hybridized carbons (Fsp3) is 0.400. The van der Waals surface area contributed by atoms with Gasteiger partial charge in [0.25, 0.3) is 0 Å². The molecule has 0 aliphatic rings. The van der Waals surface area contributed by atoms with Gasteiger partial charge >= 0.3 is 0 Å². The van der Waals surface area contributed by atoms with Gasteiger partial charge in [0.15, 0.2) is 34.6 Å². The molecule has 0 aliphatic heterocycles. The molecule has 0 saturated heterocycles. The molecule has 1 aromatic carbocycles. The van der Waals surface area contributed by atoms with Crippen molar-refractivity contribution in [3.05, 3.63) is 77.8 Å². The Morgan fingerprint density at radius 3 is 2.33 bits per heavy atom. The molecule has 5 N–H and O–H groups in total. The number of methoxy groups -OCH3 is 1.